The average molecular weight is 190 g/mol. The molecule has 2 heterocycles. The second kappa shape index (κ2) is 3.33. The van der Waals surface area contributed by atoms with Crippen molar-refractivity contribution in [1.82, 2.24) is 9.38 Å². The lowest BCUT2D eigenvalue weighted by molar-refractivity contribution is 0.414. The van der Waals surface area contributed by atoms with Crippen molar-refractivity contribution < 1.29 is 4.74 Å². The SMILES string of the molecule is COc1ccn2c(C(C)C)ncc2c1. The van der Waals surface area contributed by atoms with Gasteiger partial charge in [0.05, 0.1) is 18.8 Å². The molecule has 0 unspecified atom stereocenters. The highest BCUT2D eigenvalue weighted by atomic mass is 16.5. The standard InChI is InChI=1S/C11H14N2O/c1-8(2)11-12-7-9-6-10(14-3)4-5-13(9)11/h4-8H,1-3H3. The molecule has 0 radical (unpaired) electrons. The molecule has 0 saturated heterocycles. The second-order valence-corrected chi connectivity index (χ2v) is 3.63. The zero-order valence-electron chi connectivity index (χ0n) is 8.69. The first kappa shape index (κ1) is 9.06. The quantitative estimate of drug-likeness (QED) is 0.727. The first-order valence-electron chi connectivity index (χ1n) is 4.73. The smallest absolute Gasteiger partial charge is 0.122 e. The minimum atomic E-state index is 0.436. The van der Waals surface area contributed by atoms with E-state index in [-0.39, 0.29) is 0 Å². The number of pyridine rings is 1. The summed E-state index contributed by atoms with van der Waals surface area (Å²) < 4.78 is 7.24. The van der Waals surface area contributed by atoms with E-state index in [1.165, 1.54) is 0 Å². The van der Waals surface area contributed by atoms with Gasteiger partial charge in [0.15, 0.2) is 0 Å². The van der Waals surface area contributed by atoms with Crippen LogP contribution >= 0.6 is 0 Å². The van der Waals surface area contributed by atoms with Crippen molar-refractivity contribution in [2.24, 2.45) is 0 Å². The number of aromatic nitrogens is 2. The average Bonchev–Trinajstić information content (AvgIpc) is 2.59. The van der Waals surface area contributed by atoms with Crippen LogP contribution in [-0.4, -0.2) is 16.5 Å². The van der Waals surface area contributed by atoms with Gasteiger partial charge in [0.1, 0.15) is 11.6 Å². The third-order valence-corrected chi connectivity index (χ3v) is 2.28. The molecule has 0 amide bonds. The van der Waals surface area contributed by atoms with Gasteiger partial charge in [-0.15, -0.1) is 0 Å². The monoisotopic (exact) mass is 190 g/mol. The first-order valence-corrected chi connectivity index (χ1v) is 4.73. The summed E-state index contributed by atoms with van der Waals surface area (Å²) in [6.45, 7) is 4.28. The predicted octanol–water partition coefficient (Wildman–Crippen LogP) is 2.47. The number of rotatable bonds is 2. The normalized spacial score (nSPS) is 11.1. The van der Waals surface area contributed by atoms with E-state index in [4.69, 9.17) is 4.74 Å². The van der Waals surface area contributed by atoms with Crippen molar-refractivity contribution in [2.45, 2.75) is 19.8 Å². The van der Waals surface area contributed by atoms with E-state index in [1.807, 2.05) is 24.5 Å². The molecule has 0 saturated carbocycles. The zero-order valence-corrected chi connectivity index (χ0v) is 8.69. The Morgan fingerprint density at radius 3 is 2.86 bits per heavy atom. The van der Waals surface area contributed by atoms with Gasteiger partial charge in [-0.3, -0.25) is 0 Å². The van der Waals surface area contributed by atoms with Crippen LogP contribution < -0.4 is 4.74 Å². The van der Waals surface area contributed by atoms with E-state index in [9.17, 15) is 0 Å². The van der Waals surface area contributed by atoms with E-state index in [1.54, 1.807) is 7.11 Å². The summed E-state index contributed by atoms with van der Waals surface area (Å²) in [5.74, 6) is 2.39. The Morgan fingerprint density at radius 1 is 1.43 bits per heavy atom. The van der Waals surface area contributed by atoms with Crippen LogP contribution in [0.2, 0.25) is 0 Å². The van der Waals surface area contributed by atoms with Gasteiger partial charge in [0.25, 0.3) is 0 Å². The molecule has 74 valence electrons. The van der Waals surface area contributed by atoms with Gasteiger partial charge in [0, 0.05) is 18.2 Å². The molecule has 0 atom stereocenters. The van der Waals surface area contributed by atoms with E-state index >= 15 is 0 Å². The highest BCUT2D eigenvalue weighted by Crippen LogP contribution is 2.19. The van der Waals surface area contributed by atoms with Crippen molar-refractivity contribution in [3.8, 4) is 5.75 Å². The number of hydrogen-bond acceptors (Lipinski definition) is 2. The number of hydrogen-bond donors (Lipinski definition) is 0. The van der Waals surface area contributed by atoms with Gasteiger partial charge in [-0.2, -0.15) is 0 Å². The van der Waals surface area contributed by atoms with Crippen molar-refractivity contribution in [3.05, 3.63) is 30.4 Å². The van der Waals surface area contributed by atoms with Crippen LogP contribution in [0.1, 0.15) is 25.6 Å². The number of ether oxygens (including phenoxy) is 1. The fourth-order valence-corrected chi connectivity index (χ4v) is 1.55. The summed E-state index contributed by atoms with van der Waals surface area (Å²) in [4.78, 5) is 4.38. The third kappa shape index (κ3) is 1.35. The van der Waals surface area contributed by atoms with Crippen molar-refractivity contribution in [3.63, 3.8) is 0 Å². The Labute approximate surface area is 83.3 Å². The summed E-state index contributed by atoms with van der Waals surface area (Å²) in [6.07, 6.45) is 3.87. The Morgan fingerprint density at radius 2 is 2.21 bits per heavy atom. The maximum Gasteiger partial charge on any atom is 0.122 e. The van der Waals surface area contributed by atoms with E-state index < -0.39 is 0 Å². The van der Waals surface area contributed by atoms with Crippen LogP contribution in [0.5, 0.6) is 5.75 Å². The highest BCUT2D eigenvalue weighted by molar-refractivity contribution is 5.50. The topological polar surface area (TPSA) is 26.5 Å². The zero-order chi connectivity index (χ0) is 10.1. The molecule has 0 aromatic carbocycles. The second-order valence-electron chi connectivity index (χ2n) is 3.63. The maximum absolute atomic E-state index is 5.15. The number of imidazole rings is 1. The lowest BCUT2D eigenvalue weighted by Gasteiger charge is -2.05. The summed E-state index contributed by atoms with van der Waals surface area (Å²) in [5, 5.41) is 0. The van der Waals surface area contributed by atoms with Crippen molar-refractivity contribution in [2.75, 3.05) is 7.11 Å². The molecule has 0 spiro atoms. The maximum atomic E-state index is 5.15. The fourth-order valence-electron chi connectivity index (χ4n) is 1.55. The Kier molecular flexibility index (Phi) is 2.15. The number of methoxy groups -OCH3 is 1. The van der Waals surface area contributed by atoms with Gasteiger partial charge in [-0.1, -0.05) is 13.8 Å². The van der Waals surface area contributed by atoms with Crippen molar-refractivity contribution in [1.29, 1.82) is 0 Å². The molecule has 0 aliphatic carbocycles. The fraction of sp³-hybridized carbons (Fsp3) is 0.364. The first-order chi connectivity index (χ1) is 6.72. The van der Waals surface area contributed by atoms with Gasteiger partial charge >= 0.3 is 0 Å². The van der Waals surface area contributed by atoms with Gasteiger partial charge in [0.2, 0.25) is 0 Å². The molecule has 14 heavy (non-hydrogen) atoms. The van der Waals surface area contributed by atoms with Crippen LogP contribution in [0, 0.1) is 0 Å². The van der Waals surface area contributed by atoms with E-state index in [2.05, 4.69) is 23.2 Å². The molecule has 3 heteroatoms. The lowest BCUT2D eigenvalue weighted by atomic mass is 10.2. The summed E-state index contributed by atoms with van der Waals surface area (Å²) in [7, 11) is 1.67. The van der Waals surface area contributed by atoms with Gasteiger partial charge in [-0.25, -0.2) is 4.98 Å². The van der Waals surface area contributed by atoms with Gasteiger partial charge < -0.3 is 9.14 Å². The largest absolute Gasteiger partial charge is 0.497 e. The molecule has 0 aliphatic heterocycles. The van der Waals surface area contributed by atoms with Crippen LogP contribution in [-0.2, 0) is 0 Å². The molecule has 2 rings (SSSR count). The minimum Gasteiger partial charge on any atom is -0.497 e. The van der Waals surface area contributed by atoms with Crippen LogP contribution in [0.4, 0.5) is 0 Å². The molecule has 0 bridgehead atoms. The Bertz CT molecular complexity index is 445. The van der Waals surface area contributed by atoms with E-state index in [0.29, 0.717) is 5.92 Å². The van der Waals surface area contributed by atoms with Crippen molar-refractivity contribution >= 4 is 5.52 Å². The van der Waals surface area contributed by atoms with Crippen LogP contribution in [0.25, 0.3) is 5.52 Å². The Balaban J connectivity index is 2.59. The molecule has 2 aromatic rings. The molecular weight excluding hydrogens is 176 g/mol. The lowest BCUT2D eigenvalue weighted by Crippen LogP contribution is -1.96. The summed E-state index contributed by atoms with van der Waals surface area (Å²) >= 11 is 0. The van der Waals surface area contributed by atoms with E-state index in [0.717, 1.165) is 17.1 Å². The molecule has 2 aromatic heterocycles. The predicted molar refractivity (Wildman–Crippen MR) is 55.8 cm³/mol. The molecular formula is C11H14N2O. The Hall–Kier alpha value is -1.51. The summed E-state index contributed by atoms with van der Waals surface area (Å²) in [6, 6.07) is 3.93. The van der Waals surface area contributed by atoms with Crippen LogP contribution in [0.3, 0.4) is 0 Å². The molecule has 3 nitrogen and oxygen atoms in total. The molecule has 0 N–H and O–H groups in total. The summed E-state index contributed by atoms with van der Waals surface area (Å²) in [5.41, 5.74) is 1.08. The number of nitrogens with zero attached hydrogens (tertiary/aromatic N) is 2. The molecule has 0 fully saturated rings. The molecule has 0 aliphatic rings. The third-order valence-electron chi connectivity index (χ3n) is 2.28. The number of fused-ring (bicyclic) bond motifs is 1. The highest BCUT2D eigenvalue weighted by Gasteiger charge is 2.07. The van der Waals surface area contributed by atoms with Gasteiger partial charge in [-0.05, 0) is 6.07 Å². The van der Waals surface area contributed by atoms with Crippen LogP contribution in [0.15, 0.2) is 24.5 Å². The minimum absolute atomic E-state index is 0.436.